The molecule has 0 fully saturated rings. The van der Waals surface area contributed by atoms with Crippen LogP contribution in [0.4, 0.5) is 0 Å². The van der Waals surface area contributed by atoms with Crippen molar-refractivity contribution < 1.29 is 9.90 Å². The van der Waals surface area contributed by atoms with Gasteiger partial charge in [-0.1, -0.05) is 0 Å². The highest BCUT2D eigenvalue weighted by molar-refractivity contribution is 7.14. The van der Waals surface area contributed by atoms with Crippen LogP contribution in [0.5, 0.6) is 0 Å². The van der Waals surface area contributed by atoms with Crippen molar-refractivity contribution in [1.29, 1.82) is 0 Å². The second kappa shape index (κ2) is 6.06. The predicted octanol–water partition coefficient (Wildman–Crippen LogP) is 2.11. The third kappa shape index (κ3) is 3.22. The SMILES string of the molecule is CNCc1nc(-c2nc(C(=O)O)cs2)cs1.Cl. The van der Waals surface area contributed by atoms with E-state index in [0.717, 1.165) is 10.7 Å². The van der Waals surface area contributed by atoms with Crippen molar-refractivity contribution in [3.8, 4) is 10.7 Å². The first kappa shape index (κ1) is 14.0. The molecule has 0 bridgehead atoms. The van der Waals surface area contributed by atoms with Crippen molar-refractivity contribution >= 4 is 41.0 Å². The number of nitrogens with one attached hydrogen (secondary N) is 1. The molecule has 0 saturated carbocycles. The van der Waals surface area contributed by atoms with Gasteiger partial charge >= 0.3 is 5.97 Å². The van der Waals surface area contributed by atoms with Crippen molar-refractivity contribution in [3.05, 3.63) is 21.5 Å². The average molecular weight is 292 g/mol. The Kier molecular flexibility index (Phi) is 5.01. The molecule has 0 unspecified atom stereocenters. The van der Waals surface area contributed by atoms with Gasteiger partial charge in [0.15, 0.2) is 5.69 Å². The van der Waals surface area contributed by atoms with Crippen LogP contribution in [0.25, 0.3) is 10.7 Å². The Bertz CT molecular complexity index is 512. The highest BCUT2D eigenvalue weighted by Crippen LogP contribution is 2.25. The van der Waals surface area contributed by atoms with E-state index in [4.69, 9.17) is 5.11 Å². The summed E-state index contributed by atoms with van der Waals surface area (Å²) in [5.74, 6) is -1.01. The first-order valence-electron chi connectivity index (χ1n) is 4.49. The zero-order valence-electron chi connectivity index (χ0n) is 8.84. The largest absolute Gasteiger partial charge is 0.476 e. The van der Waals surface area contributed by atoms with Crippen LogP contribution >= 0.6 is 35.1 Å². The topological polar surface area (TPSA) is 75.1 Å². The van der Waals surface area contributed by atoms with Crippen molar-refractivity contribution in [2.45, 2.75) is 6.54 Å². The number of carboxylic acids is 1. The molecule has 2 N–H and O–H groups in total. The Balaban J connectivity index is 0.00000144. The van der Waals surface area contributed by atoms with Crippen LogP contribution in [-0.2, 0) is 6.54 Å². The molecule has 17 heavy (non-hydrogen) atoms. The van der Waals surface area contributed by atoms with Gasteiger partial charge in [0.25, 0.3) is 0 Å². The molecule has 8 heteroatoms. The summed E-state index contributed by atoms with van der Waals surface area (Å²) in [5, 5.41) is 16.8. The lowest BCUT2D eigenvalue weighted by Crippen LogP contribution is -2.04. The summed E-state index contributed by atoms with van der Waals surface area (Å²) in [6.45, 7) is 0.710. The fourth-order valence-corrected chi connectivity index (χ4v) is 2.75. The van der Waals surface area contributed by atoms with Crippen LogP contribution in [-0.4, -0.2) is 28.1 Å². The van der Waals surface area contributed by atoms with Crippen LogP contribution < -0.4 is 5.32 Å². The van der Waals surface area contributed by atoms with Crippen LogP contribution in [0, 0.1) is 0 Å². The van der Waals surface area contributed by atoms with E-state index in [2.05, 4.69) is 15.3 Å². The maximum Gasteiger partial charge on any atom is 0.355 e. The lowest BCUT2D eigenvalue weighted by atomic mass is 10.5. The quantitative estimate of drug-likeness (QED) is 0.902. The van der Waals surface area contributed by atoms with Gasteiger partial charge in [0.1, 0.15) is 15.7 Å². The molecule has 0 atom stereocenters. The molecule has 2 aromatic rings. The Morgan fingerprint density at radius 1 is 1.41 bits per heavy atom. The molecule has 0 aliphatic rings. The van der Waals surface area contributed by atoms with E-state index in [-0.39, 0.29) is 18.1 Å². The number of hydrogen-bond acceptors (Lipinski definition) is 6. The fraction of sp³-hybridized carbons (Fsp3) is 0.222. The highest BCUT2D eigenvalue weighted by Gasteiger charge is 2.12. The van der Waals surface area contributed by atoms with Gasteiger partial charge in [0.05, 0.1) is 0 Å². The number of aromatic carboxylic acids is 1. The van der Waals surface area contributed by atoms with Gasteiger partial charge in [0, 0.05) is 17.3 Å². The third-order valence-corrected chi connectivity index (χ3v) is 3.54. The maximum atomic E-state index is 10.7. The van der Waals surface area contributed by atoms with Gasteiger partial charge in [-0.25, -0.2) is 14.8 Å². The van der Waals surface area contributed by atoms with Crippen LogP contribution in [0.3, 0.4) is 0 Å². The number of nitrogens with zero attached hydrogens (tertiary/aromatic N) is 2. The Labute approximate surface area is 112 Å². The van der Waals surface area contributed by atoms with E-state index >= 15 is 0 Å². The number of carboxylic acid groups (broad SMARTS) is 1. The first-order chi connectivity index (χ1) is 7.70. The molecule has 0 aliphatic heterocycles. The molecule has 0 amide bonds. The van der Waals surface area contributed by atoms with E-state index in [9.17, 15) is 4.79 Å². The molecule has 2 heterocycles. The molecule has 0 radical (unpaired) electrons. The number of carbonyl (C=O) groups is 1. The van der Waals surface area contributed by atoms with E-state index in [1.165, 1.54) is 28.1 Å². The minimum absolute atomic E-state index is 0. The molecular formula is C9H10ClN3O2S2. The molecule has 0 aliphatic carbocycles. The minimum Gasteiger partial charge on any atom is -0.476 e. The fourth-order valence-electron chi connectivity index (χ4n) is 1.13. The highest BCUT2D eigenvalue weighted by atomic mass is 35.5. The Hall–Kier alpha value is -1.02. The molecule has 92 valence electrons. The van der Waals surface area contributed by atoms with Gasteiger partial charge in [-0.3, -0.25) is 0 Å². The summed E-state index contributed by atoms with van der Waals surface area (Å²) >= 11 is 2.83. The van der Waals surface area contributed by atoms with Gasteiger partial charge in [-0.05, 0) is 7.05 Å². The lowest BCUT2D eigenvalue weighted by molar-refractivity contribution is 0.0691. The number of hydrogen-bond donors (Lipinski definition) is 2. The second-order valence-corrected chi connectivity index (χ2v) is 4.80. The molecule has 0 spiro atoms. The second-order valence-electron chi connectivity index (χ2n) is 3.00. The van der Waals surface area contributed by atoms with Crippen molar-refractivity contribution in [1.82, 2.24) is 15.3 Å². The molecule has 2 aromatic heterocycles. The summed E-state index contributed by atoms with van der Waals surface area (Å²) < 4.78 is 0. The summed E-state index contributed by atoms with van der Waals surface area (Å²) in [5.41, 5.74) is 0.816. The van der Waals surface area contributed by atoms with Crippen LogP contribution in [0.15, 0.2) is 10.8 Å². The summed E-state index contributed by atoms with van der Waals surface area (Å²) in [6.07, 6.45) is 0. The summed E-state index contributed by atoms with van der Waals surface area (Å²) in [4.78, 5) is 19.0. The van der Waals surface area contributed by atoms with Crippen LogP contribution in [0.1, 0.15) is 15.5 Å². The zero-order chi connectivity index (χ0) is 11.5. The average Bonchev–Trinajstić information content (AvgIpc) is 2.84. The zero-order valence-corrected chi connectivity index (χ0v) is 11.3. The molecule has 0 saturated heterocycles. The monoisotopic (exact) mass is 291 g/mol. The smallest absolute Gasteiger partial charge is 0.355 e. The predicted molar refractivity (Wildman–Crippen MR) is 70.2 cm³/mol. The normalized spacial score (nSPS) is 9.94. The van der Waals surface area contributed by atoms with Gasteiger partial charge in [-0.2, -0.15) is 0 Å². The summed E-state index contributed by atoms with van der Waals surface area (Å²) in [7, 11) is 1.85. The lowest BCUT2D eigenvalue weighted by Gasteiger charge is -1.90. The molecule has 0 aromatic carbocycles. The van der Waals surface area contributed by atoms with Gasteiger partial charge in [-0.15, -0.1) is 35.1 Å². The first-order valence-corrected chi connectivity index (χ1v) is 6.25. The van der Waals surface area contributed by atoms with Gasteiger partial charge < -0.3 is 10.4 Å². The molecule has 2 rings (SSSR count). The van der Waals surface area contributed by atoms with Crippen molar-refractivity contribution in [2.75, 3.05) is 7.05 Å². The van der Waals surface area contributed by atoms with E-state index in [1.54, 1.807) is 0 Å². The van der Waals surface area contributed by atoms with Crippen molar-refractivity contribution in [3.63, 3.8) is 0 Å². The van der Waals surface area contributed by atoms with E-state index < -0.39 is 5.97 Å². The number of thiazole rings is 2. The number of aromatic nitrogens is 2. The maximum absolute atomic E-state index is 10.7. The van der Waals surface area contributed by atoms with Gasteiger partial charge in [0.2, 0.25) is 0 Å². The van der Waals surface area contributed by atoms with E-state index in [1.807, 2.05) is 12.4 Å². The molecule has 5 nitrogen and oxygen atoms in total. The Morgan fingerprint density at radius 3 is 2.76 bits per heavy atom. The standard InChI is InChI=1S/C9H9N3O2S2.ClH/c1-10-2-7-11-5(3-15-7)8-12-6(4-16-8)9(13)14;/h3-4,10H,2H2,1H3,(H,13,14);1H. The molecular weight excluding hydrogens is 282 g/mol. The third-order valence-electron chi connectivity index (χ3n) is 1.82. The van der Waals surface area contributed by atoms with E-state index in [0.29, 0.717) is 11.6 Å². The summed E-state index contributed by atoms with van der Waals surface area (Å²) in [6, 6.07) is 0. The Morgan fingerprint density at radius 2 is 2.18 bits per heavy atom. The number of rotatable bonds is 4. The number of halogens is 1. The van der Waals surface area contributed by atoms with Crippen molar-refractivity contribution in [2.24, 2.45) is 0 Å². The minimum atomic E-state index is -1.01. The van der Waals surface area contributed by atoms with Crippen LogP contribution in [0.2, 0.25) is 0 Å².